The lowest BCUT2D eigenvalue weighted by Crippen LogP contribution is -2.29. The highest BCUT2D eigenvalue weighted by atomic mass is 32.2. The van der Waals surface area contributed by atoms with E-state index in [1.54, 1.807) is 37.3 Å². The summed E-state index contributed by atoms with van der Waals surface area (Å²) in [6.07, 6.45) is 0.701. The molecule has 6 heteroatoms. The van der Waals surface area contributed by atoms with Crippen molar-refractivity contribution in [2.24, 2.45) is 0 Å². The quantitative estimate of drug-likeness (QED) is 0.828. The van der Waals surface area contributed by atoms with Gasteiger partial charge in [0.2, 0.25) is 10.0 Å². The Hall–Kier alpha value is -1.37. The predicted octanol–water partition coefficient (Wildman–Crippen LogP) is 3.38. The fraction of sp³-hybridized carbons (Fsp3) is 0.333. The van der Waals surface area contributed by atoms with Gasteiger partial charge in [0, 0.05) is 10.6 Å². The van der Waals surface area contributed by atoms with Crippen molar-refractivity contribution in [2.45, 2.75) is 38.1 Å². The first-order valence-corrected chi connectivity index (χ1v) is 9.14. The Labute approximate surface area is 130 Å². The molecule has 21 heavy (non-hydrogen) atoms. The largest absolute Gasteiger partial charge is 0.399 e. The van der Waals surface area contributed by atoms with E-state index in [4.69, 9.17) is 5.73 Å². The summed E-state index contributed by atoms with van der Waals surface area (Å²) in [7, 11) is -3.57. The van der Waals surface area contributed by atoms with E-state index >= 15 is 0 Å². The first-order valence-electron chi connectivity index (χ1n) is 6.77. The molecule has 4 nitrogen and oxygen atoms in total. The monoisotopic (exact) mass is 324 g/mol. The van der Waals surface area contributed by atoms with Crippen LogP contribution in [0.4, 0.5) is 5.69 Å². The minimum Gasteiger partial charge on any atom is -0.399 e. The van der Waals surface area contributed by atoms with Crippen LogP contribution in [0.3, 0.4) is 0 Å². The van der Waals surface area contributed by atoms with Crippen LogP contribution in [0, 0.1) is 13.8 Å². The number of nitrogens with one attached hydrogen (secondary N) is 1. The molecule has 1 aromatic carbocycles. The molecule has 0 saturated carbocycles. The van der Waals surface area contributed by atoms with Gasteiger partial charge in [-0.25, -0.2) is 13.1 Å². The molecule has 0 radical (unpaired) electrons. The van der Waals surface area contributed by atoms with Gasteiger partial charge in [-0.1, -0.05) is 13.0 Å². The molecular formula is C15H20N2O2S2. The van der Waals surface area contributed by atoms with E-state index in [1.807, 2.05) is 24.4 Å². The molecule has 0 spiro atoms. The Balaban J connectivity index is 2.39. The SMILES string of the molecule is CCC(NS(=O)(=O)c1c(C)cc(N)cc1C)c1cccs1. The van der Waals surface area contributed by atoms with Crippen LogP contribution in [0.5, 0.6) is 0 Å². The number of benzene rings is 1. The zero-order chi connectivity index (χ0) is 15.6. The first kappa shape index (κ1) is 16.0. The van der Waals surface area contributed by atoms with Crippen LogP contribution in [0.1, 0.15) is 35.4 Å². The van der Waals surface area contributed by atoms with E-state index < -0.39 is 10.0 Å². The second-order valence-corrected chi connectivity index (χ2v) is 7.71. The van der Waals surface area contributed by atoms with Crippen molar-refractivity contribution in [2.75, 3.05) is 5.73 Å². The average molecular weight is 324 g/mol. The van der Waals surface area contributed by atoms with Crippen LogP contribution in [-0.4, -0.2) is 8.42 Å². The fourth-order valence-electron chi connectivity index (χ4n) is 2.49. The predicted molar refractivity (Wildman–Crippen MR) is 88.0 cm³/mol. The second kappa shape index (κ2) is 6.17. The topological polar surface area (TPSA) is 72.2 Å². The lowest BCUT2D eigenvalue weighted by atomic mass is 10.1. The zero-order valence-electron chi connectivity index (χ0n) is 12.4. The molecule has 1 heterocycles. The van der Waals surface area contributed by atoms with Gasteiger partial charge in [-0.3, -0.25) is 0 Å². The van der Waals surface area contributed by atoms with Crippen LogP contribution in [0.2, 0.25) is 0 Å². The molecule has 0 bridgehead atoms. The maximum absolute atomic E-state index is 12.7. The Morgan fingerprint density at radius 1 is 1.29 bits per heavy atom. The lowest BCUT2D eigenvalue weighted by Gasteiger charge is -2.18. The van der Waals surface area contributed by atoms with Crippen molar-refractivity contribution in [3.05, 3.63) is 45.6 Å². The highest BCUT2D eigenvalue weighted by molar-refractivity contribution is 7.89. The third-order valence-electron chi connectivity index (χ3n) is 3.34. The second-order valence-electron chi connectivity index (χ2n) is 5.08. The molecule has 3 N–H and O–H groups in total. The smallest absolute Gasteiger partial charge is 0.241 e. The molecule has 1 aromatic heterocycles. The Morgan fingerprint density at radius 2 is 1.90 bits per heavy atom. The van der Waals surface area contributed by atoms with Crippen LogP contribution in [0.15, 0.2) is 34.5 Å². The molecule has 2 aromatic rings. The summed E-state index contributed by atoms with van der Waals surface area (Å²) in [6.45, 7) is 5.50. The van der Waals surface area contributed by atoms with Crippen LogP contribution in [0.25, 0.3) is 0 Å². The number of nitrogens with two attached hydrogens (primary N) is 1. The molecule has 114 valence electrons. The minimum atomic E-state index is -3.57. The summed E-state index contributed by atoms with van der Waals surface area (Å²) in [4.78, 5) is 1.35. The molecular weight excluding hydrogens is 304 g/mol. The number of hydrogen-bond donors (Lipinski definition) is 2. The Bertz CT molecular complexity index is 699. The average Bonchev–Trinajstić information content (AvgIpc) is 2.87. The van der Waals surface area contributed by atoms with Gasteiger partial charge in [0.15, 0.2) is 0 Å². The first-order chi connectivity index (χ1) is 9.85. The molecule has 0 aliphatic carbocycles. The molecule has 1 atom stereocenters. The van der Waals surface area contributed by atoms with Gasteiger partial charge in [-0.2, -0.15) is 0 Å². The molecule has 1 unspecified atom stereocenters. The molecule has 0 saturated heterocycles. The number of sulfonamides is 1. The van der Waals surface area contributed by atoms with Crippen molar-refractivity contribution in [1.82, 2.24) is 4.72 Å². The molecule has 0 fully saturated rings. The van der Waals surface area contributed by atoms with E-state index in [1.165, 1.54) is 0 Å². The summed E-state index contributed by atoms with van der Waals surface area (Å²) < 4.78 is 28.2. The van der Waals surface area contributed by atoms with E-state index in [0.717, 1.165) is 4.88 Å². The maximum atomic E-state index is 12.7. The highest BCUT2D eigenvalue weighted by Crippen LogP contribution is 2.27. The molecule has 0 aliphatic rings. The molecule has 0 amide bonds. The summed E-state index contributed by atoms with van der Waals surface area (Å²) in [5, 5.41) is 1.95. The maximum Gasteiger partial charge on any atom is 0.241 e. The van der Waals surface area contributed by atoms with E-state index in [-0.39, 0.29) is 6.04 Å². The summed E-state index contributed by atoms with van der Waals surface area (Å²) in [5.74, 6) is 0. The minimum absolute atomic E-state index is 0.202. The van der Waals surface area contributed by atoms with Gasteiger partial charge in [-0.05, 0) is 55.0 Å². The van der Waals surface area contributed by atoms with E-state index in [2.05, 4.69) is 4.72 Å². The normalized spacial score (nSPS) is 13.3. The zero-order valence-corrected chi connectivity index (χ0v) is 14.0. The summed E-state index contributed by atoms with van der Waals surface area (Å²) >= 11 is 1.56. The van der Waals surface area contributed by atoms with Crippen molar-refractivity contribution < 1.29 is 8.42 Å². The van der Waals surface area contributed by atoms with Gasteiger partial charge in [0.1, 0.15) is 0 Å². The molecule has 2 rings (SSSR count). The van der Waals surface area contributed by atoms with Gasteiger partial charge in [0.05, 0.1) is 10.9 Å². The highest BCUT2D eigenvalue weighted by Gasteiger charge is 2.24. The Morgan fingerprint density at radius 3 is 2.38 bits per heavy atom. The van der Waals surface area contributed by atoms with Crippen molar-refractivity contribution in [3.63, 3.8) is 0 Å². The summed E-state index contributed by atoms with van der Waals surface area (Å²) in [5.41, 5.74) is 7.68. The van der Waals surface area contributed by atoms with E-state index in [0.29, 0.717) is 28.1 Å². The molecule has 0 aliphatic heterocycles. The number of aryl methyl sites for hydroxylation is 2. The third-order valence-corrected chi connectivity index (χ3v) is 6.11. The van der Waals surface area contributed by atoms with Crippen LogP contribution >= 0.6 is 11.3 Å². The van der Waals surface area contributed by atoms with Gasteiger partial charge in [-0.15, -0.1) is 11.3 Å². The van der Waals surface area contributed by atoms with Gasteiger partial charge >= 0.3 is 0 Å². The number of anilines is 1. The number of rotatable bonds is 5. The van der Waals surface area contributed by atoms with Crippen molar-refractivity contribution >= 4 is 27.0 Å². The van der Waals surface area contributed by atoms with Gasteiger partial charge < -0.3 is 5.73 Å². The van der Waals surface area contributed by atoms with Crippen molar-refractivity contribution in [1.29, 1.82) is 0 Å². The standard InChI is InChI=1S/C15H20N2O2S2/c1-4-13(14-6-5-7-20-14)17-21(18,19)15-10(2)8-12(16)9-11(15)3/h5-9,13,17H,4,16H2,1-3H3. The van der Waals surface area contributed by atoms with Crippen LogP contribution < -0.4 is 10.5 Å². The summed E-state index contributed by atoms with van der Waals surface area (Å²) in [6, 6.07) is 7.05. The number of nitrogen functional groups attached to an aromatic ring is 1. The van der Waals surface area contributed by atoms with Crippen molar-refractivity contribution in [3.8, 4) is 0 Å². The third kappa shape index (κ3) is 3.45. The van der Waals surface area contributed by atoms with Gasteiger partial charge in [0.25, 0.3) is 0 Å². The Kier molecular flexibility index (Phi) is 4.70. The number of hydrogen-bond acceptors (Lipinski definition) is 4. The van der Waals surface area contributed by atoms with E-state index in [9.17, 15) is 8.42 Å². The number of thiophene rings is 1. The fourth-order valence-corrected chi connectivity index (χ4v) is 5.17. The van der Waals surface area contributed by atoms with Crippen LogP contribution in [-0.2, 0) is 10.0 Å². The lowest BCUT2D eigenvalue weighted by molar-refractivity contribution is 0.552.